The van der Waals surface area contributed by atoms with Crippen LogP contribution >= 0.6 is 0 Å². The third kappa shape index (κ3) is 2.83. The first kappa shape index (κ1) is 10.1. The summed E-state index contributed by atoms with van der Waals surface area (Å²) in [5.41, 5.74) is 3.25. The SMILES string of the molecule is O=[N+]([O-])c1ccc(NN=CCO)cc1. The maximum absolute atomic E-state index is 10.3. The van der Waals surface area contributed by atoms with Crippen LogP contribution in [0.5, 0.6) is 0 Å². The molecule has 0 unspecified atom stereocenters. The van der Waals surface area contributed by atoms with Crippen LogP contribution in [-0.2, 0) is 0 Å². The van der Waals surface area contributed by atoms with E-state index < -0.39 is 4.92 Å². The van der Waals surface area contributed by atoms with E-state index in [-0.39, 0.29) is 12.3 Å². The molecule has 0 radical (unpaired) electrons. The highest BCUT2D eigenvalue weighted by Crippen LogP contribution is 2.14. The fraction of sp³-hybridized carbons (Fsp3) is 0.125. The molecule has 0 atom stereocenters. The summed E-state index contributed by atoms with van der Waals surface area (Å²) in [6.07, 6.45) is 1.28. The second kappa shape index (κ2) is 4.93. The van der Waals surface area contributed by atoms with E-state index in [1.807, 2.05) is 0 Å². The molecule has 0 aliphatic rings. The number of non-ortho nitro benzene ring substituents is 1. The minimum Gasteiger partial charge on any atom is -0.391 e. The second-order valence-electron chi connectivity index (χ2n) is 2.41. The summed E-state index contributed by atoms with van der Waals surface area (Å²) in [5, 5.41) is 22.3. The Kier molecular flexibility index (Phi) is 3.57. The zero-order valence-corrected chi connectivity index (χ0v) is 7.25. The number of nitro benzene ring substituents is 1. The smallest absolute Gasteiger partial charge is 0.269 e. The van der Waals surface area contributed by atoms with Crippen LogP contribution in [0.15, 0.2) is 29.4 Å². The molecular weight excluding hydrogens is 186 g/mol. The van der Waals surface area contributed by atoms with E-state index in [0.717, 1.165) is 0 Å². The lowest BCUT2D eigenvalue weighted by molar-refractivity contribution is -0.384. The fourth-order valence-corrected chi connectivity index (χ4v) is 0.819. The van der Waals surface area contributed by atoms with Crippen molar-refractivity contribution >= 4 is 17.6 Å². The highest BCUT2D eigenvalue weighted by atomic mass is 16.6. The number of nitrogens with one attached hydrogen (secondary N) is 1. The molecular formula is C8H9N3O3. The van der Waals surface area contributed by atoms with Gasteiger partial charge in [-0.3, -0.25) is 15.5 Å². The van der Waals surface area contributed by atoms with E-state index >= 15 is 0 Å². The molecule has 0 amide bonds. The lowest BCUT2D eigenvalue weighted by Crippen LogP contribution is -1.92. The average Bonchev–Trinajstić information content (AvgIpc) is 2.19. The van der Waals surface area contributed by atoms with Crippen molar-refractivity contribution in [1.82, 2.24) is 0 Å². The van der Waals surface area contributed by atoms with Gasteiger partial charge in [0, 0.05) is 12.1 Å². The van der Waals surface area contributed by atoms with Gasteiger partial charge in [-0.2, -0.15) is 5.10 Å². The summed E-state index contributed by atoms with van der Waals surface area (Å²) in [4.78, 5) is 9.82. The van der Waals surface area contributed by atoms with Crippen molar-refractivity contribution in [1.29, 1.82) is 0 Å². The van der Waals surface area contributed by atoms with Crippen LogP contribution in [0.2, 0.25) is 0 Å². The average molecular weight is 195 g/mol. The first-order valence-corrected chi connectivity index (χ1v) is 3.87. The molecule has 0 aliphatic carbocycles. The van der Waals surface area contributed by atoms with Crippen LogP contribution in [0.25, 0.3) is 0 Å². The summed E-state index contributed by atoms with van der Waals surface area (Å²) in [6.45, 7) is -0.153. The molecule has 0 heterocycles. The predicted molar refractivity (Wildman–Crippen MR) is 52.3 cm³/mol. The van der Waals surface area contributed by atoms with E-state index in [1.54, 1.807) is 0 Å². The number of aliphatic hydroxyl groups is 1. The molecule has 14 heavy (non-hydrogen) atoms. The largest absolute Gasteiger partial charge is 0.391 e. The topological polar surface area (TPSA) is 87.8 Å². The molecule has 0 bridgehead atoms. The Morgan fingerprint density at radius 1 is 1.50 bits per heavy atom. The van der Waals surface area contributed by atoms with E-state index in [9.17, 15) is 10.1 Å². The Hall–Kier alpha value is -1.95. The number of hydrazone groups is 1. The first-order chi connectivity index (χ1) is 6.74. The van der Waals surface area contributed by atoms with Gasteiger partial charge in [0.15, 0.2) is 0 Å². The van der Waals surface area contributed by atoms with E-state index in [2.05, 4.69) is 10.5 Å². The van der Waals surface area contributed by atoms with Crippen molar-refractivity contribution in [2.75, 3.05) is 12.0 Å². The predicted octanol–water partition coefficient (Wildman–Crippen LogP) is 0.985. The van der Waals surface area contributed by atoms with Gasteiger partial charge in [0.25, 0.3) is 5.69 Å². The molecule has 74 valence electrons. The Morgan fingerprint density at radius 2 is 2.14 bits per heavy atom. The molecule has 0 spiro atoms. The molecule has 0 aromatic heterocycles. The summed E-state index contributed by atoms with van der Waals surface area (Å²) in [7, 11) is 0. The van der Waals surface area contributed by atoms with Gasteiger partial charge in [0.1, 0.15) is 0 Å². The molecule has 0 aliphatic heterocycles. The minimum absolute atomic E-state index is 0.0293. The van der Waals surface area contributed by atoms with Crippen LogP contribution in [0.3, 0.4) is 0 Å². The number of hydrogen-bond donors (Lipinski definition) is 2. The maximum Gasteiger partial charge on any atom is 0.269 e. The molecule has 6 nitrogen and oxygen atoms in total. The Bertz CT molecular complexity index is 334. The molecule has 0 fully saturated rings. The number of rotatable bonds is 4. The zero-order chi connectivity index (χ0) is 10.4. The van der Waals surface area contributed by atoms with Crippen LogP contribution in [0.1, 0.15) is 0 Å². The summed E-state index contributed by atoms with van der Waals surface area (Å²) < 4.78 is 0. The van der Waals surface area contributed by atoms with Crippen molar-refractivity contribution in [2.45, 2.75) is 0 Å². The van der Waals surface area contributed by atoms with Gasteiger partial charge in [-0.15, -0.1) is 0 Å². The van der Waals surface area contributed by atoms with Gasteiger partial charge in [-0.1, -0.05) is 0 Å². The van der Waals surface area contributed by atoms with E-state index in [1.165, 1.54) is 30.5 Å². The number of anilines is 1. The minimum atomic E-state index is -0.471. The molecule has 6 heteroatoms. The van der Waals surface area contributed by atoms with Crippen molar-refractivity contribution in [2.24, 2.45) is 5.10 Å². The van der Waals surface area contributed by atoms with Crippen LogP contribution < -0.4 is 5.43 Å². The van der Waals surface area contributed by atoms with E-state index in [0.29, 0.717) is 5.69 Å². The molecule has 1 aromatic carbocycles. The maximum atomic E-state index is 10.3. The number of benzene rings is 1. The van der Waals surface area contributed by atoms with Crippen molar-refractivity contribution in [3.8, 4) is 0 Å². The Morgan fingerprint density at radius 3 is 2.64 bits per heavy atom. The van der Waals surface area contributed by atoms with Crippen LogP contribution in [0, 0.1) is 10.1 Å². The summed E-state index contributed by atoms with van der Waals surface area (Å²) >= 11 is 0. The van der Waals surface area contributed by atoms with E-state index in [4.69, 9.17) is 5.11 Å². The summed E-state index contributed by atoms with van der Waals surface area (Å²) in [5.74, 6) is 0. The number of hydrogen-bond acceptors (Lipinski definition) is 5. The monoisotopic (exact) mass is 195 g/mol. The van der Waals surface area contributed by atoms with Crippen molar-refractivity contribution in [3.63, 3.8) is 0 Å². The Labute approximate surface area is 80.0 Å². The quantitative estimate of drug-likeness (QED) is 0.426. The standard InChI is InChI=1S/C8H9N3O3/c12-6-5-9-10-7-1-3-8(4-2-7)11(13)14/h1-5,10,12H,6H2. The second-order valence-corrected chi connectivity index (χ2v) is 2.41. The summed E-state index contributed by atoms with van der Waals surface area (Å²) in [6, 6.07) is 5.81. The lowest BCUT2D eigenvalue weighted by Gasteiger charge is -1.98. The number of nitro groups is 1. The highest BCUT2D eigenvalue weighted by Gasteiger charge is 2.02. The van der Waals surface area contributed by atoms with Gasteiger partial charge in [-0.05, 0) is 12.1 Å². The Balaban J connectivity index is 2.64. The molecule has 1 rings (SSSR count). The van der Waals surface area contributed by atoms with Gasteiger partial charge in [0.05, 0.1) is 23.4 Å². The van der Waals surface area contributed by atoms with Crippen molar-refractivity contribution in [3.05, 3.63) is 34.4 Å². The molecule has 0 saturated heterocycles. The molecule has 0 saturated carbocycles. The van der Waals surface area contributed by atoms with Crippen LogP contribution in [0.4, 0.5) is 11.4 Å². The lowest BCUT2D eigenvalue weighted by atomic mass is 10.3. The third-order valence-corrected chi connectivity index (χ3v) is 1.44. The van der Waals surface area contributed by atoms with Crippen molar-refractivity contribution < 1.29 is 10.0 Å². The third-order valence-electron chi connectivity index (χ3n) is 1.44. The van der Waals surface area contributed by atoms with Crippen LogP contribution in [-0.4, -0.2) is 22.9 Å². The fourth-order valence-electron chi connectivity index (χ4n) is 0.819. The normalized spacial score (nSPS) is 10.4. The van der Waals surface area contributed by atoms with Gasteiger partial charge >= 0.3 is 0 Å². The first-order valence-electron chi connectivity index (χ1n) is 3.87. The molecule has 1 aromatic rings. The van der Waals surface area contributed by atoms with Gasteiger partial charge in [0.2, 0.25) is 0 Å². The van der Waals surface area contributed by atoms with Gasteiger partial charge < -0.3 is 5.11 Å². The highest BCUT2D eigenvalue weighted by molar-refractivity contribution is 5.60. The zero-order valence-electron chi connectivity index (χ0n) is 7.25. The number of nitrogens with zero attached hydrogens (tertiary/aromatic N) is 2. The number of aliphatic hydroxyl groups excluding tert-OH is 1. The molecule has 2 N–H and O–H groups in total. The van der Waals surface area contributed by atoms with Gasteiger partial charge in [-0.25, -0.2) is 0 Å².